The SMILES string of the molecule is O=C(NCC[C@H]1CC[C@H](NS(=O)(=O)c2ccc(F)cc2)[C@H](CO)O1)c1ccc2c(c1)OCO2. The maximum Gasteiger partial charge on any atom is 0.251 e. The number of aliphatic hydroxyl groups is 1. The van der Waals surface area contributed by atoms with Crippen molar-refractivity contribution in [1.29, 1.82) is 0 Å². The number of halogens is 1. The van der Waals surface area contributed by atoms with E-state index >= 15 is 0 Å². The predicted molar refractivity (Wildman–Crippen MR) is 115 cm³/mol. The van der Waals surface area contributed by atoms with Crippen molar-refractivity contribution in [2.45, 2.75) is 42.4 Å². The summed E-state index contributed by atoms with van der Waals surface area (Å²) in [4.78, 5) is 12.3. The van der Waals surface area contributed by atoms with Crippen molar-refractivity contribution in [1.82, 2.24) is 10.0 Å². The third-order valence-electron chi connectivity index (χ3n) is 5.61. The van der Waals surface area contributed by atoms with Gasteiger partial charge < -0.3 is 24.6 Å². The van der Waals surface area contributed by atoms with Gasteiger partial charge in [-0.05, 0) is 61.7 Å². The van der Waals surface area contributed by atoms with Gasteiger partial charge in [-0.25, -0.2) is 17.5 Å². The number of fused-ring (bicyclic) bond motifs is 1. The number of aliphatic hydroxyl groups excluding tert-OH is 1. The molecule has 2 heterocycles. The Kier molecular flexibility index (Phi) is 7.13. The number of hydrogen-bond donors (Lipinski definition) is 3. The van der Waals surface area contributed by atoms with Crippen molar-refractivity contribution in [2.75, 3.05) is 19.9 Å². The molecule has 0 radical (unpaired) electrons. The molecule has 9 nitrogen and oxygen atoms in total. The number of nitrogens with one attached hydrogen (secondary N) is 2. The Hall–Kier alpha value is -2.73. The standard InChI is InChI=1S/C22H25FN2O7S/c23-15-2-5-17(6-3-15)33(28,29)25-18-7-4-16(32-21(18)12-26)9-10-24-22(27)14-1-8-19-20(11-14)31-13-30-19/h1-3,5-6,8,11,16,18,21,25-26H,4,7,9-10,12-13H2,(H,24,27)/t16-,18+,21+/m1/s1. The number of hydrogen-bond acceptors (Lipinski definition) is 7. The Bertz CT molecular complexity index is 1090. The van der Waals surface area contributed by atoms with E-state index in [4.69, 9.17) is 14.2 Å². The molecule has 1 amide bonds. The molecule has 2 aromatic rings. The van der Waals surface area contributed by atoms with Gasteiger partial charge >= 0.3 is 0 Å². The number of carbonyl (C=O) groups is 1. The molecule has 1 fully saturated rings. The average Bonchev–Trinajstić information content (AvgIpc) is 3.28. The molecule has 3 atom stereocenters. The number of sulfonamides is 1. The Labute approximate surface area is 190 Å². The Morgan fingerprint density at radius 1 is 1.09 bits per heavy atom. The zero-order valence-corrected chi connectivity index (χ0v) is 18.5. The maximum absolute atomic E-state index is 13.1. The van der Waals surface area contributed by atoms with Gasteiger partial charge in [0.1, 0.15) is 5.82 Å². The van der Waals surface area contributed by atoms with Crippen LogP contribution in [0.1, 0.15) is 29.6 Å². The van der Waals surface area contributed by atoms with Gasteiger partial charge in [-0.1, -0.05) is 0 Å². The number of carbonyl (C=O) groups excluding carboxylic acids is 1. The van der Waals surface area contributed by atoms with Gasteiger partial charge in [-0.2, -0.15) is 0 Å². The molecule has 0 spiro atoms. The summed E-state index contributed by atoms with van der Waals surface area (Å²) in [6.45, 7) is 0.116. The van der Waals surface area contributed by atoms with E-state index in [0.29, 0.717) is 42.9 Å². The van der Waals surface area contributed by atoms with Crippen LogP contribution in [0.2, 0.25) is 0 Å². The van der Waals surface area contributed by atoms with Crippen molar-refractivity contribution >= 4 is 15.9 Å². The van der Waals surface area contributed by atoms with Crippen LogP contribution in [0.25, 0.3) is 0 Å². The second kappa shape index (κ2) is 10.0. The molecule has 2 aromatic carbocycles. The van der Waals surface area contributed by atoms with E-state index in [1.807, 2.05) is 0 Å². The van der Waals surface area contributed by atoms with Crippen LogP contribution in [0.3, 0.4) is 0 Å². The van der Waals surface area contributed by atoms with Gasteiger partial charge in [0.15, 0.2) is 11.5 Å². The van der Waals surface area contributed by atoms with E-state index < -0.39 is 28.0 Å². The molecule has 2 aliphatic rings. The number of amides is 1. The maximum atomic E-state index is 13.1. The summed E-state index contributed by atoms with van der Waals surface area (Å²) in [6.07, 6.45) is 0.526. The molecule has 0 aliphatic carbocycles. The van der Waals surface area contributed by atoms with Crippen LogP contribution in [0.5, 0.6) is 11.5 Å². The Balaban J connectivity index is 1.27. The third-order valence-corrected chi connectivity index (χ3v) is 7.12. The molecule has 33 heavy (non-hydrogen) atoms. The highest BCUT2D eigenvalue weighted by atomic mass is 32.2. The van der Waals surface area contributed by atoms with Crippen molar-refractivity contribution in [3.8, 4) is 11.5 Å². The first-order valence-corrected chi connectivity index (χ1v) is 12.1. The topological polar surface area (TPSA) is 123 Å². The predicted octanol–water partition coefficient (Wildman–Crippen LogP) is 1.56. The lowest BCUT2D eigenvalue weighted by Gasteiger charge is -2.36. The minimum atomic E-state index is -3.88. The van der Waals surface area contributed by atoms with E-state index in [9.17, 15) is 22.7 Å². The third kappa shape index (κ3) is 5.61. The second-order valence-corrected chi connectivity index (χ2v) is 9.56. The summed E-state index contributed by atoms with van der Waals surface area (Å²) in [7, 11) is -3.88. The smallest absolute Gasteiger partial charge is 0.251 e. The first-order chi connectivity index (χ1) is 15.9. The molecule has 0 saturated carbocycles. The number of benzene rings is 2. The van der Waals surface area contributed by atoms with Crippen LogP contribution < -0.4 is 19.5 Å². The van der Waals surface area contributed by atoms with Crippen LogP contribution in [-0.2, 0) is 14.8 Å². The Morgan fingerprint density at radius 2 is 1.85 bits per heavy atom. The summed E-state index contributed by atoms with van der Waals surface area (Å²) in [6, 6.07) is 8.84. The fourth-order valence-corrected chi connectivity index (χ4v) is 5.15. The molecule has 0 unspecified atom stereocenters. The quantitative estimate of drug-likeness (QED) is 0.524. The van der Waals surface area contributed by atoms with Crippen LogP contribution in [0.15, 0.2) is 47.4 Å². The monoisotopic (exact) mass is 480 g/mol. The van der Waals surface area contributed by atoms with E-state index in [0.717, 1.165) is 12.1 Å². The minimum absolute atomic E-state index is 0.0612. The second-order valence-electron chi connectivity index (χ2n) is 7.85. The lowest BCUT2D eigenvalue weighted by atomic mass is 9.98. The van der Waals surface area contributed by atoms with Crippen molar-refractivity contribution < 1.29 is 36.9 Å². The molecular weight excluding hydrogens is 455 g/mol. The van der Waals surface area contributed by atoms with Crippen molar-refractivity contribution in [2.24, 2.45) is 0 Å². The van der Waals surface area contributed by atoms with Gasteiger partial charge in [0.25, 0.3) is 5.91 Å². The normalized spacial score (nSPS) is 22.2. The molecule has 0 bridgehead atoms. The number of ether oxygens (including phenoxy) is 3. The highest BCUT2D eigenvalue weighted by Gasteiger charge is 2.34. The summed E-state index contributed by atoms with van der Waals surface area (Å²) >= 11 is 0. The van der Waals surface area contributed by atoms with Gasteiger partial charge in [-0.15, -0.1) is 0 Å². The molecular formula is C22H25FN2O7S. The summed E-state index contributed by atoms with van der Waals surface area (Å²) < 4.78 is 57.2. The van der Waals surface area contributed by atoms with Crippen molar-refractivity contribution in [3.05, 3.63) is 53.8 Å². The fourth-order valence-electron chi connectivity index (χ4n) is 3.85. The van der Waals surface area contributed by atoms with Crippen LogP contribution >= 0.6 is 0 Å². The average molecular weight is 481 g/mol. The molecule has 1 saturated heterocycles. The van der Waals surface area contributed by atoms with Crippen molar-refractivity contribution in [3.63, 3.8) is 0 Å². The van der Waals surface area contributed by atoms with E-state index in [-0.39, 0.29) is 30.3 Å². The fraction of sp³-hybridized carbons (Fsp3) is 0.409. The van der Waals surface area contributed by atoms with Crippen LogP contribution in [0, 0.1) is 5.82 Å². The summed E-state index contributed by atoms with van der Waals surface area (Å²) in [5, 5.41) is 12.5. The highest BCUT2D eigenvalue weighted by Crippen LogP contribution is 2.32. The molecule has 11 heteroatoms. The molecule has 0 aromatic heterocycles. The van der Waals surface area contributed by atoms with E-state index in [2.05, 4.69) is 10.0 Å². The largest absolute Gasteiger partial charge is 0.454 e. The summed E-state index contributed by atoms with van der Waals surface area (Å²) in [5.74, 6) is 0.337. The lowest BCUT2D eigenvalue weighted by molar-refractivity contribution is -0.0871. The zero-order chi connectivity index (χ0) is 23.4. The lowest BCUT2D eigenvalue weighted by Crippen LogP contribution is -2.51. The van der Waals surface area contributed by atoms with E-state index in [1.165, 1.54) is 12.1 Å². The summed E-state index contributed by atoms with van der Waals surface area (Å²) in [5.41, 5.74) is 0.451. The highest BCUT2D eigenvalue weighted by molar-refractivity contribution is 7.89. The molecule has 178 valence electrons. The van der Waals surface area contributed by atoms with Crippen LogP contribution in [0.4, 0.5) is 4.39 Å². The van der Waals surface area contributed by atoms with Gasteiger partial charge in [0.05, 0.1) is 29.8 Å². The first-order valence-electron chi connectivity index (χ1n) is 10.6. The molecule has 3 N–H and O–H groups in total. The molecule has 4 rings (SSSR count). The number of rotatable bonds is 8. The minimum Gasteiger partial charge on any atom is -0.454 e. The van der Waals surface area contributed by atoms with Gasteiger partial charge in [0.2, 0.25) is 16.8 Å². The van der Waals surface area contributed by atoms with Gasteiger partial charge in [0, 0.05) is 12.1 Å². The van der Waals surface area contributed by atoms with Crippen LogP contribution in [-0.4, -0.2) is 57.6 Å². The first kappa shape index (κ1) is 23.4. The molecule has 2 aliphatic heterocycles. The van der Waals surface area contributed by atoms with E-state index in [1.54, 1.807) is 18.2 Å². The zero-order valence-electron chi connectivity index (χ0n) is 17.7. The van der Waals surface area contributed by atoms with Gasteiger partial charge in [-0.3, -0.25) is 4.79 Å². The Morgan fingerprint density at radius 3 is 2.61 bits per heavy atom.